The minimum absolute atomic E-state index is 0.0220. The maximum absolute atomic E-state index is 11.4. The van der Waals surface area contributed by atoms with E-state index in [4.69, 9.17) is 0 Å². The highest BCUT2D eigenvalue weighted by atomic mass is 32.2. The number of anilines is 2. The van der Waals surface area contributed by atoms with Crippen LogP contribution in [0.5, 0.6) is 0 Å². The molecule has 0 unspecified atom stereocenters. The number of sulfonamides is 1. The Hall–Kier alpha value is -1.60. The van der Waals surface area contributed by atoms with Crippen molar-refractivity contribution in [3.05, 3.63) is 24.3 Å². The fourth-order valence-electron chi connectivity index (χ4n) is 1.32. The van der Waals surface area contributed by atoms with Gasteiger partial charge in [0.1, 0.15) is 0 Å². The van der Waals surface area contributed by atoms with Gasteiger partial charge in [-0.05, 0) is 37.7 Å². The Morgan fingerprint density at radius 2 is 1.68 bits per heavy atom. The molecular formula is C12H19N3O3S. The van der Waals surface area contributed by atoms with Gasteiger partial charge in [-0.25, -0.2) is 8.42 Å². The first-order valence-corrected chi connectivity index (χ1v) is 7.73. The van der Waals surface area contributed by atoms with Crippen molar-refractivity contribution in [3.8, 4) is 0 Å². The van der Waals surface area contributed by atoms with Crippen molar-refractivity contribution in [3.63, 3.8) is 0 Å². The van der Waals surface area contributed by atoms with Crippen LogP contribution in [0.15, 0.2) is 24.3 Å². The predicted octanol–water partition coefficient (Wildman–Crippen LogP) is 0.996. The number of carbonyl (C=O) groups excluding carboxylic acids is 1. The Kier molecular flexibility index (Phi) is 5.78. The molecule has 0 aliphatic carbocycles. The minimum atomic E-state index is -3.27. The van der Waals surface area contributed by atoms with Crippen LogP contribution in [-0.2, 0) is 14.8 Å². The molecule has 7 heteroatoms. The van der Waals surface area contributed by atoms with Crippen molar-refractivity contribution < 1.29 is 13.2 Å². The van der Waals surface area contributed by atoms with Gasteiger partial charge in [-0.2, -0.15) is 0 Å². The Morgan fingerprint density at radius 3 is 2.21 bits per heavy atom. The quantitative estimate of drug-likeness (QED) is 0.697. The first kappa shape index (κ1) is 15.5. The third-order valence-corrected chi connectivity index (χ3v) is 3.66. The molecule has 0 radical (unpaired) electrons. The maximum Gasteiger partial charge on any atom is 0.238 e. The van der Waals surface area contributed by atoms with Crippen LogP contribution in [0.1, 0.15) is 13.8 Å². The van der Waals surface area contributed by atoms with E-state index in [1.165, 1.54) is 0 Å². The molecule has 0 bridgehead atoms. The predicted molar refractivity (Wildman–Crippen MR) is 76.7 cm³/mol. The third-order valence-electron chi connectivity index (χ3n) is 2.36. The number of carbonyl (C=O) groups is 1. The summed E-state index contributed by atoms with van der Waals surface area (Å²) >= 11 is 0. The van der Waals surface area contributed by atoms with Crippen LogP contribution in [0, 0.1) is 0 Å². The van der Waals surface area contributed by atoms with Gasteiger partial charge in [0, 0.05) is 11.4 Å². The number of amides is 1. The third kappa shape index (κ3) is 5.71. The van der Waals surface area contributed by atoms with Gasteiger partial charge in [0.25, 0.3) is 0 Å². The summed E-state index contributed by atoms with van der Waals surface area (Å²) in [6, 6.07) is 6.51. The highest BCUT2D eigenvalue weighted by Crippen LogP contribution is 2.14. The molecule has 0 aliphatic heterocycles. The molecule has 0 aliphatic rings. The maximum atomic E-state index is 11.4. The van der Waals surface area contributed by atoms with Crippen molar-refractivity contribution in [2.75, 3.05) is 28.9 Å². The van der Waals surface area contributed by atoms with E-state index in [1.807, 2.05) is 6.92 Å². The van der Waals surface area contributed by atoms with Crippen LogP contribution in [-0.4, -0.2) is 33.2 Å². The Balaban J connectivity index is 2.59. The van der Waals surface area contributed by atoms with Crippen LogP contribution in [0.2, 0.25) is 0 Å². The molecule has 6 nitrogen and oxygen atoms in total. The van der Waals surface area contributed by atoms with Crippen LogP contribution in [0.25, 0.3) is 0 Å². The summed E-state index contributed by atoms with van der Waals surface area (Å²) in [6.07, 6.45) is 0. The summed E-state index contributed by atoms with van der Waals surface area (Å²) in [5, 5.41) is 5.62. The second-order valence-electron chi connectivity index (χ2n) is 3.91. The normalized spacial score (nSPS) is 11.1. The molecule has 19 heavy (non-hydrogen) atoms. The van der Waals surface area contributed by atoms with E-state index in [9.17, 15) is 13.2 Å². The molecular weight excluding hydrogens is 266 g/mol. The van der Waals surface area contributed by atoms with Crippen LogP contribution in [0.3, 0.4) is 0 Å². The van der Waals surface area contributed by atoms with Crippen molar-refractivity contribution in [2.24, 2.45) is 0 Å². The van der Waals surface area contributed by atoms with Crippen LogP contribution >= 0.6 is 0 Å². The first-order valence-electron chi connectivity index (χ1n) is 6.08. The van der Waals surface area contributed by atoms with E-state index in [1.54, 1.807) is 31.2 Å². The van der Waals surface area contributed by atoms with Gasteiger partial charge in [0.2, 0.25) is 15.9 Å². The molecule has 0 aromatic heterocycles. The first-order chi connectivity index (χ1) is 8.96. The molecule has 1 amide bonds. The Bertz CT molecular complexity index is 512. The summed E-state index contributed by atoms with van der Waals surface area (Å²) in [5.41, 5.74) is 1.11. The van der Waals surface area contributed by atoms with Crippen LogP contribution < -0.4 is 15.4 Å². The van der Waals surface area contributed by atoms with Crippen LogP contribution in [0.4, 0.5) is 11.4 Å². The lowest BCUT2D eigenvalue weighted by Gasteiger charge is -2.08. The number of hydrogen-bond acceptors (Lipinski definition) is 4. The monoisotopic (exact) mass is 285 g/mol. The smallest absolute Gasteiger partial charge is 0.238 e. The fraction of sp³-hybridized carbons (Fsp3) is 0.417. The van der Waals surface area contributed by atoms with Crippen molar-refractivity contribution in [1.82, 2.24) is 5.32 Å². The van der Waals surface area contributed by atoms with Crippen molar-refractivity contribution in [1.29, 1.82) is 0 Å². The van der Waals surface area contributed by atoms with E-state index in [2.05, 4.69) is 15.4 Å². The lowest BCUT2D eigenvalue weighted by Crippen LogP contribution is -2.27. The Labute approximate surface area is 113 Å². The highest BCUT2D eigenvalue weighted by Gasteiger charge is 2.06. The molecule has 1 aromatic rings. The zero-order valence-corrected chi connectivity index (χ0v) is 11.9. The number of nitrogens with one attached hydrogen (secondary N) is 3. The molecule has 0 fully saturated rings. The lowest BCUT2D eigenvalue weighted by molar-refractivity contribution is -0.115. The topological polar surface area (TPSA) is 87.3 Å². The summed E-state index contributed by atoms with van der Waals surface area (Å²) in [7, 11) is -3.27. The van der Waals surface area contributed by atoms with E-state index in [-0.39, 0.29) is 18.2 Å². The molecule has 0 heterocycles. The minimum Gasteiger partial charge on any atom is -0.325 e. The van der Waals surface area contributed by atoms with E-state index < -0.39 is 10.0 Å². The molecule has 0 saturated carbocycles. The van der Waals surface area contributed by atoms with E-state index in [0.717, 1.165) is 6.54 Å². The van der Waals surface area contributed by atoms with Gasteiger partial charge >= 0.3 is 0 Å². The van der Waals surface area contributed by atoms with Crippen molar-refractivity contribution >= 4 is 27.3 Å². The lowest BCUT2D eigenvalue weighted by atomic mass is 10.3. The van der Waals surface area contributed by atoms with Gasteiger partial charge in [-0.3, -0.25) is 9.52 Å². The number of hydrogen-bond donors (Lipinski definition) is 3. The molecule has 1 rings (SSSR count). The Morgan fingerprint density at radius 1 is 1.11 bits per heavy atom. The summed E-state index contributed by atoms with van der Waals surface area (Å²) in [6.45, 7) is 4.46. The van der Waals surface area contributed by atoms with Crippen molar-refractivity contribution in [2.45, 2.75) is 13.8 Å². The van der Waals surface area contributed by atoms with Gasteiger partial charge in [-0.15, -0.1) is 0 Å². The second kappa shape index (κ2) is 7.10. The summed E-state index contributed by atoms with van der Waals surface area (Å²) < 4.78 is 25.2. The molecule has 106 valence electrons. The van der Waals surface area contributed by atoms with Gasteiger partial charge < -0.3 is 10.6 Å². The number of likely N-dealkylation sites (N-methyl/N-ethyl adjacent to an activating group) is 1. The van der Waals surface area contributed by atoms with Gasteiger partial charge in [0.15, 0.2) is 0 Å². The zero-order valence-electron chi connectivity index (χ0n) is 11.1. The standard InChI is InChI=1S/C12H19N3O3S/c1-3-13-9-12(16)14-10-5-7-11(8-6-10)15-19(17,18)4-2/h5-8,13,15H,3-4,9H2,1-2H3,(H,14,16). The SMILES string of the molecule is CCNCC(=O)Nc1ccc(NS(=O)(=O)CC)cc1. The molecule has 0 saturated heterocycles. The largest absolute Gasteiger partial charge is 0.325 e. The molecule has 0 spiro atoms. The zero-order chi connectivity index (χ0) is 14.3. The summed E-state index contributed by atoms with van der Waals surface area (Å²) in [4.78, 5) is 11.4. The average molecular weight is 285 g/mol. The molecule has 3 N–H and O–H groups in total. The molecule has 0 atom stereocenters. The van der Waals surface area contributed by atoms with Gasteiger partial charge in [-0.1, -0.05) is 6.92 Å². The fourth-order valence-corrected chi connectivity index (χ4v) is 1.96. The number of rotatable bonds is 7. The van der Waals surface area contributed by atoms with E-state index in [0.29, 0.717) is 11.4 Å². The number of benzene rings is 1. The highest BCUT2D eigenvalue weighted by molar-refractivity contribution is 7.92. The van der Waals surface area contributed by atoms with E-state index >= 15 is 0 Å². The second-order valence-corrected chi connectivity index (χ2v) is 5.92. The molecule has 1 aromatic carbocycles. The average Bonchev–Trinajstić information content (AvgIpc) is 2.38. The van der Waals surface area contributed by atoms with Gasteiger partial charge in [0.05, 0.1) is 12.3 Å². The summed E-state index contributed by atoms with van der Waals surface area (Å²) in [5.74, 6) is -0.113.